The molecule has 9 heteroatoms. The predicted molar refractivity (Wildman–Crippen MR) is 130 cm³/mol. The van der Waals surface area contributed by atoms with Gasteiger partial charge in [0.05, 0.1) is 15.7 Å². The van der Waals surface area contributed by atoms with Gasteiger partial charge in [-0.05, 0) is 65.7 Å². The number of anilines is 1. The molecule has 1 aliphatic rings. The number of urea groups is 1. The van der Waals surface area contributed by atoms with Crippen LogP contribution in [0, 0.1) is 0 Å². The third-order valence-electron chi connectivity index (χ3n) is 4.59. The van der Waals surface area contributed by atoms with E-state index in [0.717, 1.165) is 14.9 Å². The van der Waals surface area contributed by atoms with Gasteiger partial charge in [0.25, 0.3) is 5.91 Å². The van der Waals surface area contributed by atoms with E-state index < -0.39 is 11.9 Å². The van der Waals surface area contributed by atoms with E-state index in [0.29, 0.717) is 22.0 Å². The van der Waals surface area contributed by atoms with Crippen LogP contribution in [0.5, 0.6) is 5.75 Å². The lowest BCUT2D eigenvalue weighted by molar-refractivity contribution is -0.113. The summed E-state index contributed by atoms with van der Waals surface area (Å²) in [5, 5.41) is 3.64. The van der Waals surface area contributed by atoms with Crippen LogP contribution in [0.4, 0.5) is 10.5 Å². The Morgan fingerprint density at radius 1 is 0.938 bits per heavy atom. The highest BCUT2D eigenvalue weighted by Gasteiger charge is 2.34. The molecule has 1 saturated heterocycles. The maximum absolute atomic E-state index is 12.8. The Morgan fingerprint density at radius 3 is 2.19 bits per heavy atom. The molecule has 162 valence electrons. The number of nitrogens with one attached hydrogen (secondary N) is 1. The summed E-state index contributed by atoms with van der Waals surface area (Å²) in [5.74, 6) is -0.164. The zero-order valence-corrected chi connectivity index (χ0v) is 20.1. The molecule has 0 atom stereocenters. The molecule has 1 N–H and O–H groups in total. The van der Waals surface area contributed by atoms with E-state index in [9.17, 15) is 9.59 Å². The Hall–Kier alpha value is -2.51. The van der Waals surface area contributed by atoms with Crippen LogP contribution in [0.2, 0.25) is 15.1 Å². The zero-order valence-electron chi connectivity index (χ0n) is 16.2. The Labute approximate surface area is 207 Å². The predicted octanol–water partition coefficient (Wildman–Crippen LogP) is 7.09. The molecule has 3 aromatic rings. The topological polar surface area (TPSA) is 58.6 Å². The summed E-state index contributed by atoms with van der Waals surface area (Å²) in [7, 11) is 0. The number of hydrogen-bond donors (Lipinski definition) is 1. The summed E-state index contributed by atoms with van der Waals surface area (Å²) in [6, 6.07) is 16.7. The van der Waals surface area contributed by atoms with Crippen LogP contribution in [-0.2, 0) is 11.4 Å². The smallest absolute Gasteiger partial charge is 0.333 e. The summed E-state index contributed by atoms with van der Waals surface area (Å²) >= 11 is 22.0. The highest BCUT2D eigenvalue weighted by Crippen LogP contribution is 2.36. The molecule has 0 bridgehead atoms. The van der Waals surface area contributed by atoms with E-state index in [4.69, 9.17) is 39.5 Å². The molecule has 1 fully saturated rings. The van der Waals surface area contributed by atoms with Crippen molar-refractivity contribution < 1.29 is 14.3 Å². The van der Waals surface area contributed by atoms with Gasteiger partial charge >= 0.3 is 6.03 Å². The fourth-order valence-corrected chi connectivity index (χ4v) is 4.07. The Morgan fingerprint density at radius 2 is 1.56 bits per heavy atom. The van der Waals surface area contributed by atoms with Crippen molar-refractivity contribution in [3.63, 3.8) is 0 Å². The SMILES string of the molecule is O=C1N/C(=C/c2cc(Cl)c(OCc3ccc(Br)cc3)c(Cl)c2)C(=O)N1c1ccc(Cl)cc1. The van der Waals surface area contributed by atoms with E-state index in [-0.39, 0.29) is 22.3 Å². The van der Waals surface area contributed by atoms with Crippen molar-refractivity contribution in [2.45, 2.75) is 6.61 Å². The number of ether oxygens (including phenoxy) is 1. The minimum atomic E-state index is -0.560. The molecule has 32 heavy (non-hydrogen) atoms. The van der Waals surface area contributed by atoms with Crippen LogP contribution in [-0.4, -0.2) is 11.9 Å². The maximum atomic E-state index is 12.8. The van der Waals surface area contributed by atoms with Gasteiger partial charge in [-0.25, -0.2) is 9.69 Å². The first-order valence-electron chi connectivity index (χ1n) is 9.31. The molecule has 3 amide bonds. The van der Waals surface area contributed by atoms with Gasteiger partial charge in [-0.1, -0.05) is 62.9 Å². The highest BCUT2D eigenvalue weighted by molar-refractivity contribution is 9.10. The van der Waals surface area contributed by atoms with Crippen molar-refractivity contribution in [2.24, 2.45) is 0 Å². The number of rotatable bonds is 5. The maximum Gasteiger partial charge on any atom is 0.333 e. The second kappa shape index (κ2) is 9.55. The number of imide groups is 1. The minimum absolute atomic E-state index is 0.0978. The molecule has 5 nitrogen and oxygen atoms in total. The van der Waals surface area contributed by atoms with Crippen molar-refractivity contribution in [2.75, 3.05) is 4.90 Å². The lowest BCUT2D eigenvalue weighted by Gasteiger charge is -2.12. The number of benzene rings is 3. The van der Waals surface area contributed by atoms with Crippen LogP contribution in [0.1, 0.15) is 11.1 Å². The molecule has 0 unspecified atom stereocenters. The van der Waals surface area contributed by atoms with Crippen molar-refractivity contribution in [1.29, 1.82) is 0 Å². The highest BCUT2D eigenvalue weighted by atomic mass is 79.9. The molecule has 1 heterocycles. The number of carbonyl (C=O) groups excluding carboxylic acids is 2. The van der Waals surface area contributed by atoms with Gasteiger partial charge in [0.15, 0.2) is 5.75 Å². The van der Waals surface area contributed by atoms with E-state index in [1.165, 1.54) is 6.08 Å². The van der Waals surface area contributed by atoms with Gasteiger partial charge in [-0.15, -0.1) is 0 Å². The third-order valence-corrected chi connectivity index (χ3v) is 5.93. The molecule has 0 spiro atoms. The molecule has 0 aliphatic carbocycles. The monoisotopic (exact) mass is 550 g/mol. The number of hydrogen-bond acceptors (Lipinski definition) is 3. The van der Waals surface area contributed by atoms with Gasteiger partial charge in [0.2, 0.25) is 0 Å². The lowest BCUT2D eigenvalue weighted by Crippen LogP contribution is -2.30. The van der Waals surface area contributed by atoms with Crippen LogP contribution < -0.4 is 15.0 Å². The van der Waals surface area contributed by atoms with Crippen molar-refractivity contribution in [1.82, 2.24) is 5.32 Å². The van der Waals surface area contributed by atoms with Gasteiger partial charge < -0.3 is 10.1 Å². The van der Waals surface area contributed by atoms with Crippen LogP contribution >= 0.6 is 50.7 Å². The zero-order chi connectivity index (χ0) is 22.8. The number of amides is 3. The van der Waals surface area contributed by atoms with E-state index in [2.05, 4.69) is 21.2 Å². The van der Waals surface area contributed by atoms with Crippen LogP contribution in [0.3, 0.4) is 0 Å². The summed E-state index contributed by atoms with van der Waals surface area (Å²) in [4.78, 5) is 26.1. The summed E-state index contributed by atoms with van der Waals surface area (Å²) in [5.41, 5.74) is 2.00. The van der Waals surface area contributed by atoms with Crippen molar-refractivity contribution >= 4 is 74.4 Å². The average Bonchev–Trinajstić information content (AvgIpc) is 3.02. The van der Waals surface area contributed by atoms with Crippen LogP contribution in [0.15, 0.2) is 70.8 Å². The molecular formula is C23H14BrCl3N2O3. The van der Waals surface area contributed by atoms with Crippen molar-refractivity contribution in [3.05, 3.63) is 97.0 Å². The molecule has 0 saturated carbocycles. The minimum Gasteiger partial charge on any atom is -0.486 e. The molecular weight excluding hydrogens is 539 g/mol. The molecule has 4 rings (SSSR count). The molecule has 0 aromatic heterocycles. The third kappa shape index (κ3) is 4.94. The second-order valence-electron chi connectivity index (χ2n) is 6.83. The van der Waals surface area contributed by atoms with E-state index in [1.54, 1.807) is 36.4 Å². The summed E-state index contributed by atoms with van der Waals surface area (Å²) in [6.07, 6.45) is 1.51. The Kier molecular flexibility index (Phi) is 6.76. The molecule has 3 aromatic carbocycles. The van der Waals surface area contributed by atoms with Gasteiger partial charge in [0.1, 0.15) is 12.3 Å². The first-order chi connectivity index (χ1) is 15.3. The average molecular weight is 553 g/mol. The summed E-state index contributed by atoms with van der Waals surface area (Å²) < 4.78 is 6.76. The molecule has 0 radical (unpaired) electrons. The number of halogens is 4. The largest absolute Gasteiger partial charge is 0.486 e. The number of nitrogens with zero attached hydrogens (tertiary/aromatic N) is 1. The van der Waals surface area contributed by atoms with E-state index in [1.807, 2.05) is 24.3 Å². The van der Waals surface area contributed by atoms with Crippen molar-refractivity contribution in [3.8, 4) is 5.75 Å². The Bertz CT molecular complexity index is 1210. The van der Waals surface area contributed by atoms with E-state index >= 15 is 0 Å². The van der Waals surface area contributed by atoms with Crippen LogP contribution in [0.25, 0.3) is 6.08 Å². The number of carbonyl (C=O) groups is 2. The van der Waals surface area contributed by atoms with Gasteiger partial charge in [0, 0.05) is 9.50 Å². The normalized spacial score (nSPS) is 14.8. The quantitative estimate of drug-likeness (QED) is 0.272. The first-order valence-corrected chi connectivity index (χ1v) is 11.2. The Balaban J connectivity index is 1.54. The molecule has 1 aliphatic heterocycles. The van der Waals surface area contributed by atoms with Gasteiger partial charge in [-0.3, -0.25) is 4.79 Å². The standard InChI is InChI=1S/C23H14BrCl3N2O3/c24-15-3-1-13(2-4-15)12-32-21-18(26)9-14(10-19(21)27)11-20-22(30)29(23(31)28-20)17-7-5-16(25)6-8-17/h1-11H,12H2,(H,28,31)/b20-11+. The first kappa shape index (κ1) is 22.7. The second-order valence-corrected chi connectivity index (χ2v) is 9.00. The summed E-state index contributed by atoms with van der Waals surface area (Å²) in [6.45, 7) is 0.289. The lowest BCUT2D eigenvalue weighted by atomic mass is 10.1. The fraction of sp³-hybridized carbons (Fsp3) is 0.0435. The van der Waals surface area contributed by atoms with Gasteiger partial charge in [-0.2, -0.15) is 0 Å². The fourth-order valence-electron chi connectivity index (χ4n) is 3.06.